The number of nitro groups is 2. The minimum absolute atomic E-state index is 0.0903. The van der Waals surface area contributed by atoms with Gasteiger partial charge in [0.25, 0.3) is 11.4 Å². The highest BCUT2D eigenvalue weighted by Gasteiger charge is 2.18. The predicted molar refractivity (Wildman–Crippen MR) is 161 cm³/mol. The first kappa shape index (κ1) is 32.2. The Kier molecular flexibility index (Phi) is 15.8. The van der Waals surface area contributed by atoms with Gasteiger partial charge in [0.1, 0.15) is 0 Å². The number of unbranched alkanes of at least 4 members (excludes halogenated alkanes) is 13. The molecule has 0 aromatic heterocycles. The molecule has 39 heavy (non-hydrogen) atoms. The van der Waals surface area contributed by atoms with E-state index in [1.807, 2.05) is 36.0 Å². The molecule has 0 amide bonds. The summed E-state index contributed by atoms with van der Waals surface area (Å²) in [5, 5.41) is 22.1. The molecule has 0 atom stereocenters. The predicted octanol–water partition coefficient (Wildman–Crippen LogP) is 9.97. The molecule has 2 aromatic carbocycles. The summed E-state index contributed by atoms with van der Waals surface area (Å²) in [6.07, 6.45) is 21.9. The first-order chi connectivity index (χ1) is 18.9. The average Bonchev–Trinajstić information content (AvgIpc) is 2.94. The Hall–Kier alpha value is -3.00. The molecule has 2 aromatic rings. The van der Waals surface area contributed by atoms with Gasteiger partial charge in [-0.15, -0.1) is 11.8 Å². The van der Waals surface area contributed by atoms with E-state index in [0.717, 1.165) is 29.5 Å². The van der Waals surface area contributed by atoms with Crippen LogP contribution in [0.2, 0.25) is 0 Å². The Morgan fingerprint density at radius 1 is 0.718 bits per heavy atom. The van der Waals surface area contributed by atoms with Gasteiger partial charge in [-0.05, 0) is 35.9 Å². The lowest BCUT2D eigenvalue weighted by Crippen LogP contribution is -1.99. The maximum Gasteiger partial charge on any atom is 0.277 e. The van der Waals surface area contributed by atoms with E-state index in [-0.39, 0.29) is 5.56 Å². The average molecular weight is 555 g/mol. The second-order valence-corrected chi connectivity index (χ2v) is 11.1. The second kappa shape index (κ2) is 19.1. The highest BCUT2D eigenvalue weighted by Crippen LogP contribution is 2.24. The highest BCUT2D eigenvalue weighted by molar-refractivity contribution is 7.99. The molecule has 2 rings (SSSR count). The molecule has 0 aliphatic carbocycles. The number of hydrogen-bond acceptors (Lipinski definition) is 6. The molecule has 0 fully saturated rings. The van der Waals surface area contributed by atoms with E-state index in [2.05, 4.69) is 6.92 Å². The van der Waals surface area contributed by atoms with Crippen molar-refractivity contribution in [3.8, 4) is 0 Å². The molecule has 0 radical (unpaired) electrons. The van der Waals surface area contributed by atoms with Crippen LogP contribution < -0.4 is 0 Å². The molecule has 8 heteroatoms. The third kappa shape index (κ3) is 13.6. The third-order valence-corrected chi connectivity index (χ3v) is 7.78. The lowest BCUT2D eigenvalue weighted by atomic mass is 10.0. The maximum atomic E-state index is 12.5. The lowest BCUT2D eigenvalue weighted by Gasteiger charge is -2.04. The quantitative estimate of drug-likeness (QED) is 0.0380. The van der Waals surface area contributed by atoms with E-state index >= 15 is 0 Å². The lowest BCUT2D eigenvalue weighted by molar-refractivity contribution is -0.394. The summed E-state index contributed by atoms with van der Waals surface area (Å²) in [5.74, 6) is 0.551. The van der Waals surface area contributed by atoms with Crippen LogP contribution in [0.3, 0.4) is 0 Å². The van der Waals surface area contributed by atoms with E-state index in [4.69, 9.17) is 0 Å². The standard InChI is InChI=1S/C31H42N2O5S/c1-2-3-4-5-6-7-8-9-10-11-12-13-14-15-22-39-30-19-16-26(17-20-30)18-21-31(34)27-23-28(32(35)36)25-29(24-27)33(37)38/h16-21,23-25H,2-15,22H2,1H3. The van der Waals surface area contributed by atoms with E-state index in [9.17, 15) is 25.0 Å². The molecular formula is C31H42N2O5S. The normalized spacial score (nSPS) is 11.2. The largest absolute Gasteiger partial charge is 0.289 e. The zero-order chi connectivity index (χ0) is 28.3. The zero-order valence-corrected chi connectivity index (χ0v) is 24.0. The van der Waals surface area contributed by atoms with Crippen molar-refractivity contribution in [2.45, 2.75) is 102 Å². The fraction of sp³-hybridized carbons (Fsp3) is 0.516. The summed E-state index contributed by atoms with van der Waals surface area (Å²) >= 11 is 1.82. The van der Waals surface area contributed by atoms with E-state index in [1.165, 1.54) is 101 Å². The summed E-state index contributed by atoms with van der Waals surface area (Å²) in [5.41, 5.74) is -0.251. The summed E-state index contributed by atoms with van der Waals surface area (Å²) in [6, 6.07) is 10.8. The molecule has 0 N–H and O–H groups in total. The first-order valence-electron chi connectivity index (χ1n) is 14.3. The van der Waals surface area contributed by atoms with Crippen molar-refractivity contribution in [3.63, 3.8) is 0 Å². The van der Waals surface area contributed by atoms with Crippen molar-refractivity contribution in [2.24, 2.45) is 0 Å². The Labute approximate surface area is 236 Å². The minimum atomic E-state index is -0.747. The highest BCUT2D eigenvalue weighted by atomic mass is 32.2. The van der Waals surface area contributed by atoms with Gasteiger partial charge in [-0.1, -0.05) is 109 Å². The Morgan fingerprint density at radius 2 is 1.18 bits per heavy atom. The molecule has 0 bridgehead atoms. The van der Waals surface area contributed by atoms with Gasteiger partial charge in [0, 0.05) is 22.6 Å². The van der Waals surface area contributed by atoms with E-state index in [1.54, 1.807) is 6.08 Å². The number of carbonyl (C=O) groups excluding carboxylic acids is 1. The summed E-state index contributed by atoms with van der Waals surface area (Å²) in [4.78, 5) is 34.2. The molecule has 0 unspecified atom stereocenters. The minimum Gasteiger partial charge on any atom is -0.289 e. The molecule has 212 valence electrons. The van der Waals surface area contributed by atoms with Crippen LogP contribution in [-0.4, -0.2) is 21.4 Å². The Bertz CT molecular complexity index is 1040. The van der Waals surface area contributed by atoms with Gasteiger partial charge < -0.3 is 0 Å². The second-order valence-electron chi connectivity index (χ2n) is 9.96. The van der Waals surface area contributed by atoms with Crippen LogP contribution in [0.15, 0.2) is 53.4 Å². The van der Waals surface area contributed by atoms with E-state index < -0.39 is 27.0 Å². The number of benzene rings is 2. The zero-order valence-electron chi connectivity index (χ0n) is 23.1. The van der Waals surface area contributed by atoms with Crippen molar-refractivity contribution in [1.29, 1.82) is 0 Å². The van der Waals surface area contributed by atoms with Gasteiger partial charge in [0.15, 0.2) is 5.78 Å². The maximum absolute atomic E-state index is 12.5. The van der Waals surface area contributed by atoms with Crippen molar-refractivity contribution in [1.82, 2.24) is 0 Å². The van der Waals surface area contributed by atoms with Crippen molar-refractivity contribution >= 4 is 35.0 Å². The van der Waals surface area contributed by atoms with Crippen molar-refractivity contribution in [3.05, 3.63) is 79.9 Å². The number of rotatable bonds is 21. The Balaban J connectivity index is 1.61. The molecule has 0 spiro atoms. The number of allylic oxidation sites excluding steroid dienone is 1. The van der Waals surface area contributed by atoms with Gasteiger partial charge >= 0.3 is 0 Å². The Morgan fingerprint density at radius 3 is 1.64 bits per heavy atom. The van der Waals surface area contributed by atoms with Crippen LogP contribution in [0.1, 0.15) is 113 Å². The fourth-order valence-electron chi connectivity index (χ4n) is 4.38. The molecule has 7 nitrogen and oxygen atoms in total. The smallest absolute Gasteiger partial charge is 0.277 e. The van der Waals surface area contributed by atoms with Gasteiger partial charge in [-0.25, -0.2) is 0 Å². The molecule has 0 saturated carbocycles. The number of non-ortho nitro benzene ring substituents is 2. The monoisotopic (exact) mass is 554 g/mol. The topological polar surface area (TPSA) is 103 Å². The molecule has 0 aliphatic heterocycles. The van der Waals surface area contributed by atoms with Gasteiger partial charge in [0.2, 0.25) is 0 Å². The number of thioether (sulfide) groups is 1. The van der Waals surface area contributed by atoms with Gasteiger partial charge in [0.05, 0.1) is 15.9 Å². The number of ketones is 1. The van der Waals surface area contributed by atoms with Crippen LogP contribution in [0.25, 0.3) is 6.08 Å². The number of carbonyl (C=O) groups is 1. The third-order valence-electron chi connectivity index (χ3n) is 6.68. The summed E-state index contributed by atoms with van der Waals surface area (Å²) in [6.45, 7) is 2.26. The van der Waals surface area contributed by atoms with Crippen LogP contribution in [0, 0.1) is 20.2 Å². The first-order valence-corrected chi connectivity index (χ1v) is 15.3. The van der Waals surface area contributed by atoms with Crippen LogP contribution in [0.5, 0.6) is 0 Å². The van der Waals surface area contributed by atoms with Gasteiger partial charge in [-0.3, -0.25) is 25.0 Å². The van der Waals surface area contributed by atoms with Crippen LogP contribution in [0.4, 0.5) is 11.4 Å². The number of nitrogens with zero attached hydrogens (tertiary/aromatic N) is 2. The molecular weight excluding hydrogens is 512 g/mol. The summed E-state index contributed by atoms with van der Waals surface area (Å²) < 4.78 is 0. The van der Waals surface area contributed by atoms with Crippen LogP contribution in [-0.2, 0) is 0 Å². The van der Waals surface area contributed by atoms with Crippen LogP contribution >= 0.6 is 11.8 Å². The SMILES string of the molecule is CCCCCCCCCCCCCCCCSc1ccc(C=CC(=O)c2cc([N+](=O)[O-])cc([N+](=O)[O-])c2)cc1. The molecule has 0 saturated heterocycles. The van der Waals surface area contributed by atoms with Gasteiger partial charge in [-0.2, -0.15) is 0 Å². The number of nitro benzene ring substituents is 2. The molecule has 0 heterocycles. The fourth-order valence-corrected chi connectivity index (χ4v) is 5.29. The number of hydrogen-bond donors (Lipinski definition) is 0. The van der Waals surface area contributed by atoms with Crippen molar-refractivity contribution in [2.75, 3.05) is 5.75 Å². The molecule has 0 aliphatic rings. The summed E-state index contributed by atoms with van der Waals surface area (Å²) in [7, 11) is 0. The van der Waals surface area contributed by atoms with E-state index in [0.29, 0.717) is 0 Å². The van der Waals surface area contributed by atoms with Crippen molar-refractivity contribution < 1.29 is 14.6 Å².